The fraction of sp³-hybridized carbons (Fsp3) is 0.417. The van der Waals surface area contributed by atoms with E-state index in [1.54, 1.807) is 19.1 Å². The summed E-state index contributed by atoms with van der Waals surface area (Å²) in [6.07, 6.45) is -0.506. The van der Waals surface area contributed by atoms with Crippen LogP contribution < -0.4 is 4.74 Å². The molecule has 0 radical (unpaired) electrons. The number of rotatable bonds is 4. The van der Waals surface area contributed by atoms with Crippen molar-refractivity contribution in [2.24, 2.45) is 0 Å². The van der Waals surface area contributed by atoms with E-state index in [1.807, 2.05) is 13.0 Å². The standard InChI is InChI=1S/C12H16O4/c1-8-6-10(9(2)13)4-5-11(8)16-7-12(14)15-3/h4-6,9,13H,7H2,1-3H3/t9-/m0/s1. The molecule has 0 aliphatic carbocycles. The zero-order valence-corrected chi connectivity index (χ0v) is 9.69. The molecule has 1 N–H and O–H groups in total. The Hall–Kier alpha value is -1.55. The highest BCUT2D eigenvalue weighted by Gasteiger charge is 2.07. The summed E-state index contributed by atoms with van der Waals surface area (Å²) in [5.74, 6) is 0.203. The van der Waals surface area contributed by atoms with E-state index >= 15 is 0 Å². The summed E-state index contributed by atoms with van der Waals surface area (Å²) in [4.78, 5) is 10.9. The number of carbonyl (C=O) groups is 1. The van der Waals surface area contributed by atoms with E-state index in [-0.39, 0.29) is 6.61 Å². The van der Waals surface area contributed by atoms with Crippen molar-refractivity contribution in [1.82, 2.24) is 0 Å². The van der Waals surface area contributed by atoms with Crippen LogP contribution in [0.5, 0.6) is 5.75 Å². The second-order valence-electron chi connectivity index (χ2n) is 3.57. The highest BCUT2D eigenvalue weighted by molar-refractivity contribution is 5.70. The summed E-state index contributed by atoms with van der Waals surface area (Å²) < 4.78 is 9.74. The number of benzene rings is 1. The van der Waals surface area contributed by atoms with E-state index in [0.717, 1.165) is 11.1 Å². The number of esters is 1. The van der Waals surface area contributed by atoms with Gasteiger partial charge in [0.15, 0.2) is 6.61 Å². The third-order valence-corrected chi connectivity index (χ3v) is 2.25. The Morgan fingerprint density at radius 2 is 2.19 bits per heavy atom. The van der Waals surface area contributed by atoms with Gasteiger partial charge >= 0.3 is 5.97 Å². The molecule has 0 aromatic heterocycles. The quantitative estimate of drug-likeness (QED) is 0.789. The van der Waals surface area contributed by atoms with Gasteiger partial charge in [-0.05, 0) is 37.1 Å². The lowest BCUT2D eigenvalue weighted by Crippen LogP contribution is -2.13. The highest BCUT2D eigenvalue weighted by Crippen LogP contribution is 2.22. The van der Waals surface area contributed by atoms with Gasteiger partial charge in [-0.15, -0.1) is 0 Å². The molecular formula is C12H16O4. The zero-order chi connectivity index (χ0) is 12.1. The SMILES string of the molecule is COC(=O)COc1ccc([C@H](C)O)cc1C. The van der Waals surface area contributed by atoms with Crippen LogP contribution in [0.1, 0.15) is 24.2 Å². The maximum atomic E-state index is 10.9. The minimum Gasteiger partial charge on any atom is -0.482 e. The minimum atomic E-state index is -0.506. The molecule has 1 aromatic carbocycles. The molecule has 1 atom stereocenters. The summed E-state index contributed by atoms with van der Waals surface area (Å²) >= 11 is 0. The van der Waals surface area contributed by atoms with Gasteiger partial charge in [-0.3, -0.25) is 0 Å². The fourth-order valence-corrected chi connectivity index (χ4v) is 1.29. The van der Waals surface area contributed by atoms with Gasteiger partial charge in [-0.2, -0.15) is 0 Å². The lowest BCUT2D eigenvalue weighted by molar-refractivity contribution is -0.142. The van der Waals surface area contributed by atoms with Crippen LogP contribution in [-0.4, -0.2) is 24.8 Å². The second kappa shape index (κ2) is 5.51. The Morgan fingerprint density at radius 1 is 1.50 bits per heavy atom. The molecule has 0 aliphatic heterocycles. The lowest BCUT2D eigenvalue weighted by Gasteiger charge is -2.11. The molecule has 0 amide bonds. The average Bonchev–Trinajstić information content (AvgIpc) is 2.26. The molecule has 0 saturated heterocycles. The van der Waals surface area contributed by atoms with Crippen LogP contribution in [0.15, 0.2) is 18.2 Å². The number of carbonyl (C=O) groups excluding carboxylic acids is 1. The number of hydrogen-bond acceptors (Lipinski definition) is 4. The smallest absolute Gasteiger partial charge is 0.343 e. The summed E-state index contributed by atoms with van der Waals surface area (Å²) in [7, 11) is 1.31. The molecule has 0 unspecified atom stereocenters. The maximum absolute atomic E-state index is 10.9. The van der Waals surface area contributed by atoms with Crippen molar-refractivity contribution < 1.29 is 19.4 Å². The van der Waals surface area contributed by atoms with Gasteiger partial charge in [-0.25, -0.2) is 4.79 Å². The third-order valence-electron chi connectivity index (χ3n) is 2.25. The molecule has 0 saturated carbocycles. The summed E-state index contributed by atoms with van der Waals surface area (Å²) in [5.41, 5.74) is 1.70. The monoisotopic (exact) mass is 224 g/mol. The molecule has 0 bridgehead atoms. The van der Waals surface area contributed by atoms with Crippen LogP contribution in [0.3, 0.4) is 0 Å². The first kappa shape index (κ1) is 12.5. The third kappa shape index (κ3) is 3.24. The normalized spacial score (nSPS) is 12.0. The van der Waals surface area contributed by atoms with Crippen LogP contribution in [0, 0.1) is 6.92 Å². The van der Waals surface area contributed by atoms with E-state index < -0.39 is 12.1 Å². The Bertz CT molecular complexity index is 371. The molecule has 0 fully saturated rings. The first-order valence-corrected chi connectivity index (χ1v) is 5.03. The Kier molecular flexibility index (Phi) is 4.31. The molecule has 0 aliphatic rings. The molecule has 4 nitrogen and oxygen atoms in total. The number of methoxy groups -OCH3 is 1. The van der Waals surface area contributed by atoms with Crippen molar-refractivity contribution in [3.63, 3.8) is 0 Å². The average molecular weight is 224 g/mol. The van der Waals surface area contributed by atoms with Crippen LogP contribution in [-0.2, 0) is 9.53 Å². The molecule has 88 valence electrons. The highest BCUT2D eigenvalue weighted by atomic mass is 16.6. The first-order valence-electron chi connectivity index (χ1n) is 5.03. The van der Waals surface area contributed by atoms with Crippen molar-refractivity contribution in [1.29, 1.82) is 0 Å². The lowest BCUT2D eigenvalue weighted by atomic mass is 10.1. The van der Waals surface area contributed by atoms with Crippen LogP contribution in [0.25, 0.3) is 0 Å². The zero-order valence-electron chi connectivity index (χ0n) is 9.69. The van der Waals surface area contributed by atoms with E-state index in [1.165, 1.54) is 7.11 Å². The Morgan fingerprint density at radius 3 is 2.69 bits per heavy atom. The van der Waals surface area contributed by atoms with Gasteiger partial charge < -0.3 is 14.6 Å². The summed E-state index contributed by atoms with van der Waals surface area (Å²) in [5, 5.41) is 9.38. The Balaban J connectivity index is 2.72. The van der Waals surface area contributed by atoms with Gasteiger partial charge in [0, 0.05) is 0 Å². The predicted molar refractivity (Wildman–Crippen MR) is 59.3 cm³/mol. The van der Waals surface area contributed by atoms with E-state index in [0.29, 0.717) is 5.75 Å². The topological polar surface area (TPSA) is 55.8 Å². The largest absolute Gasteiger partial charge is 0.482 e. The molecule has 1 aromatic rings. The number of hydrogen-bond donors (Lipinski definition) is 1. The van der Waals surface area contributed by atoms with Gasteiger partial charge in [0.05, 0.1) is 13.2 Å². The number of aliphatic hydroxyl groups excluding tert-OH is 1. The maximum Gasteiger partial charge on any atom is 0.343 e. The van der Waals surface area contributed by atoms with Gasteiger partial charge in [0.1, 0.15) is 5.75 Å². The number of ether oxygens (including phenoxy) is 2. The van der Waals surface area contributed by atoms with Gasteiger partial charge in [0.25, 0.3) is 0 Å². The van der Waals surface area contributed by atoms with E-state index in [2.05, 4.69) is 4.74 Å². The van der Waals surface area contributed by atoms with Crippen molar-refractivity contribution in [2.75, 3.05) is 13.7 Å². The molecule has 1 rings (SSSR count). The van der Waals surface area contributed by atoms with E-state index in [4.69, 9.17) is 4.74 Å². The van der Waals surface area contributed by atoms with Crippen molar-refractivity contribution in [3.8, 4) is 5.75 Å². The summed E-state index contributed by atoms with van der Waals surface area (Å²) in [6, 6.07) is 5.34. The van der Waals surface area contributed by atoms with Crippen LogP contribution in [0.2, 0.25) is 0 Å². The molecule has 0 spiro atoms. The number of aliphatic hydroxyl groups is 1. The van der Waals surface area contributed by atoms with Crippen molar-refractivity contribution in [2.45, 2.75) is 20.0 Å². The number of aryl methyl sites for hydroxylation is 1. The van der Waals surface area contributed by atoms with E-state index in [9.17, 15) is 9.90 Å². The van der Waals surface area contributed by atoms with Crippen LogP contribution in [0.4, 0.5) is 0 Å². The first-order chi connectivity index (χ1) is 7.54. The predicted octanol–water partition coefficient (Wildman–Crippen LogP) is 1.60. The fourth-order valence-electron chi connectivity index (χ4n) is 1.29. The van der Waals surface area contributed by atoms with Gasteiger partial charge in [-0.1, -0.05) is 6.07 Å². The Labute approximate surface area is 94.8 Å². The van der Waals surface area contributed by atoms with Crippen LogP contribution >= 0.6 is 0 Å². The van der Waals surface area contributed by atoms with Gasteiger partial charge in [0.2, 0.25) is 0 Å². The molecule has 16 heavy (non-hydrogen) atoms. The second-order valence-corrected chi connectivity index (χ2v) is 3.57. The minimum absolute atomic E-state index is 0.106. The molecule has 0 heterocycles. The van der Waals surface area contributed by atoms with Crippen molar-refractivity contribution in [3.05, 3.63) is 29.3 Å². The summed E-state index contributed by atoms with van der Waals surface area (Å²) in [6.45, 7) is 3.45. The molecular weight excluding hydrogens is 208 g/mol. The molecule has 4 heteroatoms. The van der Waals surface area contributed by atoms with Crippen molar-refractivity contribution >= 4 is 5.97 Å².